The fourth-order valence-corrected chi connectivity index (χ4v) is 5.37. The molecule has 1 atom stereocenters. The normalized spacial score (nSPS) is 11.8. The average molecular weight is 578 g/mol. The van der Waals surface area contributed by atoms with Gasteiger partial charge in [0, 0.05) is 24.7 Å². The number of ether oxygens (including phenoxy) is 2. The summed E-state index contributed by atoms with van der Waals surface area (Å²) in [6.45, 7) is 0.882. The first-order valence-electron chi connectivity index (χ1n) is 11.8. The second kappa shape index (κ2) is 12.8. The number of hydrogen-bond acceptors (Lipinski definition) is 6. The third-order valence-electron chi connectivity index (χ3n) is 6.02. The van der Waals surface area contributed by atoms with Crippen LogP contribution in [0, 0.1) is 5.82 Å². The van der Waals surface area contributed by atoms with Gasteiger partial charge in [-0.15, -0.1) is 0 Å². The molecule has 39 heavy (non-hydrogen) atoms. The average Bonchev–Trinajstić information content (AvgIpc) is 2.94. The van der Waals surface area contributed by atoms with Crippen LogP contribution in [0.4, 0.5) is 10.1 Å². The van der Waals surface area contributed by atoms with Gasteiger partial charge in [0.1, 0.15) is 18.4 Å². The van der Waals surface area contributed by atoms with Crippen molar-refractivity contribution < 1.29 is 31.9 Å². The van der Waals surface area contributed by atoms with E-state index in [-0.39, 0.29) is 22.9 Å². The number of amides is 2. The monoisotopic (exact) mass is 577 g/mol. The van der Waals surface area contributed by atoms with Crippen LogP contribution in [0.2, 0.25) is 5.02 Å². The highest BCUT2D eigenvalue weighted by molar-refractivity contribution is 7.92. The summed E-state index contributed by atoms with van der Waals surface area (Å²) < 4.78 is 52.8. The van der Waals surface area contributed by atoms with Crippen molar-refractivity contribution in [2.45, 2.75) is 24.4 Å². The van der Waals surface area contributed by atoms with Crippen LogP contribution in [-0.2, 0) is 26.2 Å². The zero-order valence-electron chi connectivity index (χ0n) is 21.9. The first kappa shape index (κ1) is 29.7. The highest BCUT2D eigenvalue weighted by Gasteiger charge is 2.33. The van der Waals surface area contributed by atoms with Gasteiger partial charge in [0.15, 0.2) is 11.5 Å². The lowest BCUT2D eigenvalue weighted by molar-refractivity contribution is -0.139. The number of carbonyl (C=O) groups is 2. The number of nitrogens with zero attached hydrogens (tertiary/aromatic N) is 2. The SMILES string of the molecule is CNC(=O)[C@@H](C)N(Cc1ccc(Cl)cc1)C(=O)CN(c1ccc(F)cc1)S(=O)(=O)c1ccc(OC)c(OC)c1. The molecule has 0 saturated carbocycles. The molecular formula is C27H29ClFN3O6S. The maximum Gasteiger partial charge on any atom is 0.264 e. The lowest BCUT2D eigenvalue weighted by Crippen LogP contribution is -2.50. The number of sulfonamides is 1. The molecule has 3 aromatic carbocycles. The van der Waals surface area contributed by atoms with Gasteiger partial charge in [0.25, 0.3) is 10.0 Å². The van der Waals surface area contributed by atoms with Crippen molar-refractivity contribution in [2.24, 2.45) is 0 Å². The molecular weight excluding hydrogens is 549 g/mol. The molecule has 0 radical (unpaired) electrons. The summed E-state index contributed by atoms with van der Waals surface area (Å²) in [5, 5.41) is 3.01. The molecule has 0 aromatic heterocycles. The molecule has 0 bridgehead atoms. The van der Waals surface area contributed by atoms with Gasteiger partial charge in [-0.05, 0) is 61.0 Å². The molecule has 3 rings (SSSR count). The number of nitrogens with one attached hydrogen (secondary N) is 1. The second-order valence-electron chi connectivity index (χ2n) is 8.44. The summed E-state index contributed by atoms with van der Waals surface area (Å²) in [5.74, 6) is -1.19. The van der Waals surface area contributed by atoms with Gasteiger partial charge in [0.2, 0.25) is 11.8 Å². The van der Waals surface area contributed by atoms with E-state index in [0.717, 1.165) is 16.4 Å². The standard InChI is InChI=1S/C27H29ClFN3O6S/c1-18(27(34)30-2)31(16-19-5-7-20(28)8-6-19)26(33)17-32(22-11-9-21(29)10-12-22)39(35,36)23-13-14-24(37-3)25(15-23)38-4/h5-15,18H,16-17H2,1-4H3,(H,30,34)/t18-/m1/s1. The third kappa shape index (κ3) is 6.98. The minimum atomic E-state index is -4.37. The molecule has 0 heterocycles. The number of methoxy groups -OCH3 is 2. The van der Waals surface area contributed by atoms with Gasteiger partial charge in [-0.3, -0.25) is 13.9 Å². The van der Waals surface area contributed by atoms with E-state index < -0.39 is 40.2 Å². The molecule has 12 heteroatoms. The van der Waals surface area contributed by atoms with Gasteiger partial charge in [-0.1, -0.05) is 23.7 Å². The van der Waals surface area contributed by atoms with Crippen LogP contribution in [-0.4, -0.2) is 59.0 Å². The largest absolute Gasteiger partial charge is 0.493 e. The van der Waals surface area contributed by atoms with Crippen molar-refractivity contribution in [3.8, 4) is 11.5 Å². The van der Waals surface area contributed by atoms with E-state index in [9.17, 15) is 22.4 Å². The van der Waals surface area contributed by atoms with Gasteiger partial charge >= 0.3 is 0 Å². The predicted octanol–water partition coefficient (Wildman–Crippen LogP) is 3.85. The van der Waals surface area contributed by atoms with Crippen molar-refractivity contribution in [1.29, 1.82) is 0 Å². The summed E-state index contributed by atoms with van der Waals surface area (Å²) in [5.41, 5.74) is 0.734. The lowest BCUT2D eigenvalue weighted by Gasteiger charge is -2.31. The van der Waals surface area contributed by atoms with Crippen molar-refractivity contribution >= 4 is 39.1 Å². The molecule has 0 saturated heterocycles. The zero-order chi connectivity index (χ0) is 28.7. The van der Waals surface area contributed by atoms with Crippen LogP contribution in [0.1, 0.15) is 12.5 Å². The Hall–Kier alpha value is -3.83. The Morgan fingerprint density at radius 1 is 0.974 bits per heavy atom. The molecule has 208 valence electrons. The Bertz CT molecular complexity index is 1420. The maximum absolute atomic E-state index is 13.9. The van der Waals surface area contributed by atoms with Crippen LogP contribution in [0.15, 0.2) is 71.6 Å². The number of rotatable bonds is 11. The van der Waals surface area contributed by atoms with Crippen LogP contribution >= 0.6 is 11.6 Å². The van der Waals surface area contributed by atoms with Crippen LogP contribution in [0.25, 0.3) is 0 Å². The number of halogens is 2. The topological polar surface area (TPSA) is 105 Å². The molecule has 0 aliphatic carbocycles. The summed E-state index contributed by atoms with van der Waals surface area (Å²) in [6.07, 6.45) is 0. The lowest BCUT2D eigenvalue weighted by atomic mass is 10.1. The molecule has 0 spiro atoms. The number of carbonyl (C=O) groups excluding carboxylic acids is 2. The summed E-state index contributed by atoms with van der Waals surface area (Å²) in [4.78, 5) is 27.3. The van der Waals surface area contributed by atoms with E-state index in [1.54, 1.807) is 24.3 Å². The third-order valence-corrected chi connectivity index (χ3v) is 8.04. The van der Waals surface area contributed by atoms with Gasteiger partial charge < -0.3 is 19.7 Å². The van der Waals surface area contributed by atoms with Crippen molar-refractivity contribution in [3.63, 3.8) is 0 Å². The Morgan fingerprint density at radius 2 is 1.59 bits per heavy atom. The fourth-order valence-electron chi connectivity index (χ4n) is 3.82. The molecule has 0 unspecified atom stereocenters. The van der Waals surface area contributed by atoms with Crippen LogP contribution in [0.5, 0.6) is 11.5 Å². The summed E-state index contributed by atoms with van der Waals surface area (Å²) >= 11 is 5.98. The number of likely N-dealkylation sites (N-methyl/N-ethyl adjacent to an activating group) is 1. The minimum Gasteiger partial charge on any atom is -0.493 e. The predicted molar refractivity (Wildman–Crippen MR) is 146 cm³/mol. The Balaban J connectivity index is 2.06. The Kier molecular flexibility index (Phi) is 9.76. The van der Waals surface area contributed by atoms with E-state index in [0.29, 0.717) is 16.3 Å². The molecule has 9 nitrogen and oxygen atoms in total. The zero-order valence-corrected chi connectivity index (χ0v) is 23.4. The van der Waals surface area contributed by atoms with Crippen LogP contribution < -0.4 is 19.1 Å². The highest BCUT2D eigenvalue weighted by Crippen LogP contribution is 2.32. The van der Waals surface area contributed by atoms with Gasteiger partial charge in [0.05, 0.1) is 24.8 Å². The van der Waals surface area contributed by atoms with Crippen molar-refractivity contribution in [1.82, 2.24) is 10.2 Å². The summed E-state index contributed by atoms with van der Waals surface area (Å²) in [6, 6.07) is 14.5. The molecule has 0 aliphatic heterocycles. The number of benzene rings is 3. The molecule has 3 aromatic rings. The van der Waals surface area contributed by atoms with E-state index in [1.165, 1.54) is 63.4 Å². The molecule has 0 fully saturated rings. The first-order valence-corrected chi connectivity index (χ1v) is 13.6. The first-order chi connectivity index (χ1) is 18.5. The maximum atomic E-state index is 13.9. The Labute approximate surface area is 232 Å². The fraction of sp³-hybridized carbons (Fsp3) is 0.259. The van der Waals surface area contributed by atoms with E-state index >= 15 is 0 Å². The van der Waals surface area contributed by atoms with Gasteiger partial charge in [-0.25, -0.2) is 12.8 Å². The molecule has 1 N–H and O–H groups in total. The van der Waals surface area contributed by atoms with E-state index in [4.69, 9.17) is 21.1 Å². The number of hydrogen-bond donors (Lipinski definition) is 1. The second-order valence-corrected chi connectivity index (χ2v) is 10.7. The van der Waals surface area contributed by atoms with Crippen molar-refractivity contribution in [3.05, 3.63) is 83.1 Å². The quantitative estimate of drug-likeness (QED) is 0.371. The van der Waals surface area contributed by atoms with Crippen LogP contribution in [0.3, 0.4) is 0 Å². The smallest absolute Gasteiger partial charge is 0.264 e. The van der Waals surface area contributed by atoms with Gasteiger partial charge in [-0.2, -0.15) is 0 Å². The molecule has 2 amide bonds. The highest BCUT2D eigenvalue weighted by atomic mass is 35.5. The van der Waals surface area contributed by atoms with Crippen molar-refractivity contribution in [2.75, 3.05) is 32.1 Å². The van der Waals surface area contributed by atoms with E-state index in [2.05, 4.69) is 5.32 Å². The Morgan fingerprint density at radius 3 is 2.15 bits per heavy atom. The number of anilines is 1. The molecule has 0 aliphatic rings. The minimum absolute atomic E-state index is 0.0122. The van der Waals surface area contributed by atoms with E-state index in [1.807, 2.05) is 0 Å². The summed E-state index contributed by atoms with van der Waals surface area (Å²) in [7, 11) is -0.152.